The van der Waals surface area contributed by atoms with Gasteiger partial charge in [-0.05, 0) is 11.6 Å². The Bertz CT molecular complexity index is 657. The van der Waals surface area contributed by atoms with Crippen LogP contribution < -0.4 is 5.72 Å². The minimum Gasteiger partial charge on any atom is -0.480 e. The van der Waals surface area contributed by atoms with Crippen LogP contribution in [0.5, 0.6) is 0 Å². The molecule has 2 rings (SSSR count). The summed E-state index contributed by atoms with van der Waals surface area (Å²) in [6, 6.07) is 3.56. The maximum absolute atomic E-state index is 11.2. The second-order valence-electron chi connectivity index (χ2n) is 3.03. The second kappa shape index (κ2) is 3.74. The van der Waals surface area contributed by atoms with Gasteiger partial charge in [0.2, 0.25) is 0 Å². The molecule has 1 aromatic heterocycles. The van der Waals surface area contributed by atoms with Crippen LogP contribution in [0.25, 0.3) is 10.9 Å². The summed E-state index contributed by atoms with van der Waals surface area (Å²) in [7, 11) is 0. The molecular weight excluding hydrogens is 192 g/mol. The number of para-hydroxylation sites is 1. The molecule has 4 nitrogen and oxygen atoms in total. The smallest absolute Gasteiger partial charge is 0.320 e. The van der Waals surface area contributed by atoms with Crippen molar-refractivity contribution in [2.45, 2.75) is 12.4 Å². The number of aromatic amines is 1. The molecule has 0 bridgehead atoms. The first-order valence-electron chi connectivity index (χ1n) is 6.70. The van der Waals surface area contributed by atoms with Crippen molar-refractivity contribution in [2.75, 3.05) is 0 Å². The number of hydrogen-bond donors (Lipinski definition) is 3. The van der Waals surface area contributed by atoms with Crippen LogP contribution in [0.4, 0.5) is 0 Å². The van der Waals surface area contributed by atoms with Crippen LogP contribution in [0, 0.1) is 0 Å². The van der Waals surface area contributed by atoms with E-state index < -0.39 is 24.1 Å². The number of nitrogens with two attached hydrogens (primary N) is 1. The molecule has 0 aliphatic carbocycles. The third-order valence-corrected chi connectivity index (χ3v) is 2.04. The van der Waals surface area contributed by atoms with Crippen molar-refractivity contribution >= 4 is 16.9 Å². The van der Waals surface area contributed by atoms with Gasteiger partial charge >= 0.3 is 5.97 Å². The lowest BCUT2D eigenvalue weighted by molar-refractivity contribution is -0.138. The number of fused-ring (bicyclic) bond motifs is 1. The molecule has 78 valence electrons. The third kappa shape index (κ3) is 1.85. The Kier molecular flexibility index (Phi) is 1.33. The first-order valence-corrected chi connectivity index (χ1v) is 4.31. The summed E-state index contributed by atoms with van der Waals surface area (Å²) in [6.45, 7) is 0. The molecular formula is C11H12N2O2. The van der Waals surface area contributed by atoms with Gasteiger partial charge in [-0.3, -0.25) is 4.79 Å². The first kappa shape index (κ1) is 5.32. The molecule has 0 radical (unpaired) electrons. The SMILES string of the molecule is [2H]N([2H])[C@]([2H])(C(=O)O)C([2H])([2H])c1c[nH]c2ccccc12. The number of nitrogens with one attached hydrogen (secondary N) is 1. The Morgan fingerprint density at radius 1 is 1.73 bits per heavy atom. The number of rotatable bonds is 4. The standard InChI is InChI=1S/C11H12N2O2/c12-9(11(14)15)5-7-6-13-10-4-2-1-3-8(7)10/h1-4,6,9,13H,5,12H2,(H,14,15)/t9-/m0/s1/i5D2,9D/hD2. The van der Waals surface area contributed by atoms with Gasteiger partial charge in [0.05, 0.1) is 1.37 Å². The van der Waals surface area contributed by atoms with Crippen LogP contribution in [0.2, 0.25) is 2.82 Å². The van der Waals surface area contributed by atoms with Crippen LogP contribution in [0.15, 0.2) is 30.5 Å². The van der Waals surface area contributed by atoms with Gasteiger partial charge in [0.1, 0.15) is 8.84 Å². The van der Waals surface area contributed by atoms with Crippen molar-refractivity contribution in [3.05, 3.63) is 36.0 Å². The van der Waals surface area contributed by atoms with E-state index in [0.29, 0.717) is 10.9 Å². The van der Waals surface area contributed by atoms with Crippen molar-refractivity contribution in [1.29, 1.82) is 0 Å². The number of aliphatic carboxylic acids is 1. The highest BCUT2D eigenvalue weighted by Gasteiger charge is 2.14. The van der Waals surface area contributed by atoms with Crippen LogP contribution in [0.1, 0.15) is 9.68 Å². The number of carboxylic acid groups (broad SMARTS) is 1. The molecule has 1 atom stereocenters. The summed E-state index contributed by atoms with van der Waals surface area (Å²) in [5, 5.41) is 9.50. The zero-order valence-electron chi connectivity index (χ0n) is 12.7. The molecule has 0 aliphatic rings. The molecule has 0 saturated heterocycles. The van der Waals surface area contributed by atoms with Crippen LogP contribution in [-0.4, -0.2) is 22.1 Å². The molecule has 1 aromatic carbocycles. The molecule has 0 spiro atoms. The lowest BCUT2D eigenvalue weighted by atomic mass is 10.1. The molecule has 15 heavy (non-hydrogen) atoms. The summed E-state index contributed by atoms with van der Waals surface area (Å²) < 4.78 is 37.9. The van der Waals surface area contributed by atoms with Gasteiger partial charge in [-0.25, -0.2) is 0 Å². The fourth-order valence-electron chi connectivity index (χ4n) is 1.36. The predicted octanol–water partition coefficient (Wildman–Crippen LogP) is 1.12. The summed E-state index contributed by atoms with van der Waals surface area (Å²) in [5.41, 5.74) is 0.0764. The van der Waals surface area contributed by atoms with Gasteiger partial charge in [-0.2, -0.15) is 0 Å². The Labute approximate surface area is 93.9 Å². The van der Waals surface area contributed by atoms with Crippen LogP contribution in [-0.2, 0) is 11.2 Å². The average molecular weight is 209 g/mol. The molecule has 0 unspecified atom stereocenters. The van der Waals surface area contributed by atoms with Crippen LogP contribution >= 0.6 is 0 Å². The molecule has 0 aliphatic heterocycles. The van der Waals surface area contributed by atoms with E-state index in [2.05, 4.69) is 4.98 Å². The third-order valence-electron chi connectivity index (χ3n) is 2.04. The van der Waals surface area contributed by atoms with E-state index in [0.717, 1.165) is 0 Å². The molecule has 1 heterocycles. The monoisotopic (exact) mass is 209 g/mol. The van der Waals surface area contributed by atoms with Gasteiger partial charge in [-0.1, -0.05) is 18.2 Å². The Hall–Kier alpha value is -1.81. The van der Waals surface area contributed by atoms with Gasteiger partial charge in [0, 0.05) is 26.2 Å². The Morgan fingerprint density at radius 3 is 3.27 bits per heavy atom. The Balaban J connectivity index is 2.67. The number of benzene rings is 1. The largest absolute Gasteiger partial charge is 0.480 e. The first-order chi connectivity index (χ1) is 9.23. The maximum atomic E-state index is 11.2. The molecule has 0 fully saturated rings. The number of aromatic nitrogens is 1. The minimum atomic E-state index is -3.09. The van der Waals surface area contributed by atoms with Crippen molar-refractivity contribution in [2.24, 2.45) is 5.72 Å². The van der Waals surface area contributed by atoms with Crippen molar-refractivity contribution < 1.29 is 16.8 Å². The molecule has 2 aromatic rings. The van der Waals surface area contributed by atoms with E-state index in [-0.39, 0.29) is 5.56 Å². The number of hydrogen-bond acceptors (Lipinski definition) is 2. The topological polar surface area (TPSA) is 79.1 Å². The normalized spacial score (nSPS) is 21.0. The van der Waals surface area contributed by atoms with Crippen molar-refractivity contribution in [1.82, 2.24) is 4.98 Å². The zero-order valence-corrected chi connectivity index (χ0v) is 7.69. The average Bonchev–Trinajstić information content (AvgIpc) is 2.81. The highest BCUT2D eigenvalue weighted by atomic mass is 16.4. The summed E-state index contributed by atoms with van der Waals surface area (Å²) in [6.07, 6.45) is -1.50. The summed E-state index contributed by atoms with van der Waals surface area (Å²) >= 11 is 0. The minimum absolute atomic E-state index is 0.0741. The molecule has 0 amide bonds. The molecule has 4 N–H and O–H groups in total. The van der Waals surface area contributed by atoms with E-state index >= 15 is 0 Å². The van der Waals surface area contributed by atoms with E-state index in [4.69, 9.17) is 12.0 Å². The fraction of sp³-hybridized carbons (Fsp3) is 0.182. The highest BCUT2D eigenvalue weighted by molar-refractivity contribution is 5.84. The van der Waals surface area contributed by atoms with Crippen molar-refractivity contribution in [3.8, 4) is 0 Å². The number of H-pyrrole nitrogens is 1. The summed E-state index contributed by atoms with van der Waals surface area (Å²) in [4.78, 5) is 14.0. The van der Waals surface area contributed by atoms with E-state index in [9.17, 15) is 4.79 Å². The highest BCUT2D eigenvalue weighted by Crippen LogP contribution is 2.18. The maximum Gasteiger partial charge on any atom is 0.320 e. The van der Waals surface area contributed by atoms with Gasteiger partial charge < -0.3 is 15.8 Å². The van der Waals surface area contributed by atoms with Crippen LogP contribution in [0.3, 0.4) is 0 Å². The Morgan fingerprint density at radius 2 is 2.53 bits per heavy atom. The van der Waals surface area contributed by atoms with E-state index in [1.807, 2.05) is 0 Å². The van der Waals surface area contributed by atoms with Gasteiger partial charge in [0.25, 0.3) is 0 Å². The summed E-state index contributed by atoms with van der Waals surface area (Å²) in [5.74, 6) is -1.90. The van der Waals surface area contributed by atoms with Gasteiger partial charge in [-0.15, -0.1) is 0 Å². The molecule has 4 heteroatoms. The van der Waals surface area contributed by atoms with E-state index in [1.165, 1.54) is 6.20 Å². The van der Waals surface area contributed by atoms with E-state index in [1.54, 1.807) is 24.3 Å². The fourth-order valence-corrected chi connectivity index (χ4v) is 1.36. The zero-order chi connectivity index (χ0) is 15.1. The lowest BCUT2D eigenvalue weighted by Crippen LogP contribution is -2.32. The second-order valence-corrected chi connectivity index (χ2v) is 3.03. The number of carboxylic acids is 1. The quantitative estimate of drug-likeness (QED) is 0.706. The van der Waals surface area contributed by atoms with Gasteiger partial charge in [0.15, 0.2) is 0 Å². The predicted molar refractivity (Wildman–Crippen MR) is 57.6 cm³/mol. The lowest BCUT2D eigenvalue weighted by Gasteiger charge is -2.04. The molecule has 0 saturated carbocycles. The van der Waals surface area contributed by atoms with Crippen molar-refractivity contribution in [3.63, 3.8) is 0 Å². The number of carbonyl (C=O) groups is 1.